The van der Waals surface area contributed by atoms with Gasteiger partial charge >= 0.3 is 0 Å². The molecule has 3 nitrogen and oxygen atoms in total. The second-order valence-electron chi connectivity index (χ2n) is 5.15. The van der Waals surface area contributed by atoms with E-state index in [1.165, 1.54) is 10.4 Å². The Morgan fingerprint density at radius 1 is 1.42 bits per heavy atom. The van der Waals surface area contributed by atoms with Gasteiger partial charge in [0.15, 0.2) is 0 Å². The van der Waals surface area contributed by atoms with Crippen LogP contribution in [0.5, 0.6) is 0 Å². The van der Waals surface area contributed by atoms with Crippen LogP contribution in [0.3, 0.4) is 0 Å². The molecule has 1 saturated carbocycles. The third kappa shape index (κ3) is 3.24. The first-order valence-electron chi connectivity index (χ1n) is 6.17. The van der Waals surface area contributed by atoms with Crippen molar-refractivity contribution in [3.05, 3.63) is 28.8 Å². The fourth-order valence-corrected chi connectivity index (χ4v) is 3.93. The maximum atomic E-state index is 12.4. The van der Waals surface area contributed by atoms with E-state index in [2.05, 4.69) is 6.92 Å². The minimum Gasteiger partial charge on any atom is -0.207 e. The van der Waals surface area contributed by atoms with Crippen LogP contribution in [0.15, 0.2) is 23.1 Å². The molecule has 6 heteroatoms. The Balaban J connectivity index is 2.21. The number of sulfonamides is 1. The molecule has 0 radical (unpaired) electrons. The summed E-state index contributed by atoms with van der Waals surface area (Å²) in [4.78, 5) is 0.224. The Labute approximate surface area is 124 Å². The van der Waals surface area contributed by atoms with Crippen LogP contribution in [0.4, 0.5) is 0 Å². The van der Waals surface area contributed by atoms with Crippen molar-refractivity contribution in [1.29, 1.82) is 0 Å². The topological polar surface area (TPSA) is 37.4 Å². The van der Waals surface area contributed by atoms with Gasteiger partial charge in [-0.3, -0.25) is 0 Å². The molecule has 19 heavy (non-hydrogen) atoms. The lowest BCUT2D eigenvalue weighted by Crippen LogP contribution is -2.29. The molecule has 1 aliphatic carbocycles. The normalized spacial score (nSPS) is 22.8. The molecule has 2 atom stereocenters. The quantitative estimate of drug-likeness (QED) is 0.780. The van der Waals surface area contributed by atoms with Crippen LogP contribution in [0, 0.1) is 11.8 Å². The van der Waals surface area contributed by atoms with E-state index < -0.39 is 10.0 Å². The Bertz CT molecular complexity index is 574. The zero-order chi connectivity index (χ0) is 14.2. The molecule has 1 aromatic rings. The van der Waals surface area contributed by atoms with Gasteiger partial charge in [-0.25, -0.2) is 12.7 Å². The molecule has 0 aromatic heterocycles. The van der Waals surface area contributed by atoms with Crippen molar-refractivity contribution in [2.75, 3.05) is 13.6 Å². The lowest BCUT2D eigenvalue weighted by atomic mass is 10.2. The molecule has 0 amide bonds. The number of hydrogen-bond donors (Lipinski definition) is 0. The summed E-state index contributed by atoms with van der Waals surface area (Å²) >= 11 is 11.7. The van der Waals surface area contributed by atoms with E-state index in [0.717, 1.165) is 12.0 Å². The Kier molecular flexibility index (Phi) is 4.45. The highest BCUT2D eigenvalue weighted by Gasteiger charge is 2.36. The molecule has 0 N–H and O–H groups in total. The number of nitrogens with zero attached hydrogens (tertiary/aromatic N) is 1. The average Bonchev–Trinajstić information content (AvgIpc) is 3.04. The number of alkyl halides is 1. The highest BCUT2D eigenvalue weighted by atomic mass is 35.5. The fraction of sp³-hybridized carbons (Fsp3) is 0.538. The van der Waals surface area contributed by atoms with Crippen molar-refractivity contribution >= 4 is 33.2 Å². The van der Waals surface area contributed by atoms with Gasteiger partial charge in [0, 0.05) is 24.5 Å². The summed E-state index contributed by atoms with van der Waals surface area (Å²) < 4.78 is 26.2. The lowest BCUT2D eigenvalue weighted by molar-refractivity contribution is 0.444. The number of hydrogen-bond acceptors (Lipinski definition) is 2. The van der Waals surface area contributed by atoms with Crippen LogP contribution >= 0.6 is 23.2 Å². The second-order valence-corrected chi connectivity index (χ2v) is 7.86. The van der Waals surface area contributed by atoms with Crippen LogP contribution < -0.4 is 0 Å². The number of halogens is 2. The summed E-state index contributed by atoms with van der Waals surface area (Å²) in [7, 11) is -1.84. The van der Waals surface area contributed by atoms with Gasteiger partial charge in [-0.2, -0.15) is 0 Å². The van der Waals surface area contributed by atoms with E-state index in [9.17, 15) is 8.42 Å². The van der Waals surface area contributed by atoms with Gasteiger partial charge in [0.05, 0.1) is 4.90 Å². The molecule has 0 spiro atoms. The van der Waals surface area contributed by atoms with Crippen LogP contribution in [0.1, 0.15) is 18.9 Å². The van der Waals surface area contributed by atoms with Gasteiger partial charge in [0.1, 0.15) is 0 Å². The molecule has 0 saturated heterocycles. The summed E-state index contributed by atoms with van der Waals surface area (Å²) in [6.45, 7) is 2.70. The van der Waals surface area contributed by atoms with Crippen LogP contribution in [0.25, 0.3) is 0 Å². The Morgan fingerprint density at radius 2 is 2.05 bits per heavy atom. The maximum absolute atomic E-state index is 12.4. The molecule has 2 rings (SSSR count). The van der Waals surface area contributed by atoms with Crippen molar-refractivity contribution < 1.29 is 8.42 Å². The molecular formula is C13H17Cl2NO2S. The molecular weight excluding hydrogens is 305 g/mol. The van der Waals surface area contributed by atoms with Crippen molar-refractivity contribution in [1.82, 2.24) is 4.31 Å². The zero-order valence-electron chi connectivity index (χ0n) is 10.9. The highest BCUT2D eigenvalue weighted by molar-refractivity contribution is 7.89. The standard InChI is InChI=1S/C13H17Cl2NO2S/c1-9-5-11(9)8-16(2)19(17,18)12-4-3-10(7-14)13(15)6-12/h3-4,6,9,11H,5,7-8H2,1-2H3. The Morgan fingerprint density at radius 3 is 2.53 bits per heavy atom. The van der Waals surface area contributed by atoms with Crippen molar-refractivity contribution in [2.45, 2.75) is 24.1 Å². The van der Waals surface area contributed by atoms with Gasteiger partial charge in [-0.1, -0.05) is 24.6 Å². The minimum atomic E-state index is -3.46. The summed E-state index contributed by atoms with van der Waals surface area (Å²) in [5, 5.41) is 0.393. The lowest BCUT2D eigenvalue weighted by Gasteiger charge is -2.17. The monoisotopic (exact) mass is 321 g/mol. The predicted molar refractivity (Wildman–Crippen MR) is 78.1 cm³/mol. The van der Waals surface area contributed by atoms with Gasteiger partial charge in [0.25, 0.3) is 0 Å². The minimum absolute atomic E-state index is 0.224. The Hall–Kier alpha value is -0.290. The van der Waals surface area contributed by atoms with E-state index in [1.54, 1.807) is 19.2 Å². The van der Waals surface area contributed by atoms with E-state index in [1.807, 2.05) is 0 Å². The molecule has 1 aliphatic rings. The van der Waals surface area contributed by atoms with Crippen molar-refractivity contribution in [3.63, 3.8) is 0 Å². The summed E-state index contributed by atoms with van der Waals surface area (Å²) in [5.41, 5.74) is 0.737. The number of benzene rings is 1. The molecule has 1 fully saturated rings. The van der Waals surface area contributed by atoms with E-state index >= 15 is 0 Å². The maximum Gasteiger partial charge on any atom is 0.242 e. The first-order chi connectivity index (χ1) is 8.86. The summed E-state index contributed by atoms with van der Waals surface area (Å²) in [6.07, 6.45) is 1.10. The molecule has 2 unspecified atom stereocenters. The SMILES string of the molecule is CC1CC1CN(C)S(=O)(=O)c1ccc(CCl)c(Cl)c1. The van der Waals surface area contributed by atoms with Crippen LogP contribution in [0.2, 0.25) is 5.02 Å². The summed E-state index contributed by atoms with van der Waals surface area (Å²) in [5.74, 6) is 1.38. The van der Waals surface area contributed by atoms with Crippen molar-refractivity contribution in [2.24, 2.45) is 11.8 Å². The highest BCUT2D eigenvalue weighted by Crippen LogP contribution is 2.38. The number of rotatable bonds is 5. The second kappa shape index (κ2) is 5.60. The fourth-order valence-electron chi connectivity index (χ4n) is 2.06. The predicted octanol–water partition coefficient (Wildman–Crippen LogP) is 3.36. The van der Waals surface area contributed by atoms with Gasteiger partial charge in [-0.15, -0.1) is 11.6 Å². The largest absolute Gasteiger partial charge is 0.242 e. The third-order valence-electron chi connectivity index (χ3n) is 3.64. The zero-order valence-corrected chi connectivity index (χ0v) is 13.3. The molecule has 0 heterocycles. The smallest absolute Gasteiger partial charge is 0.207 e. The first-order valence-corrected chi connectivity index (χ1v) is 8.52. The van der Waals surface area contributed by atoms with Gasteiger partial charge < -0.3 is 0 Å². The molecule has 0 aliphatic heterocycles. The van der Waals surface area contributed by atoms with E-state index in [4.69, 9.17) is 23.2 Å². The average molecular weight is 322 g/mol. The third-order valence-corrected chi connectivity index (χ3v) is 6.10. The van der Waals surface area contributed by atoms with E-state index in [-0.39, 0.29) is 10.8 Å². The van der Waals surface area contributed by atoms with E-state index in [0.29, 0.717) is 23.4 Å². The van der Waals surface area contributed by atoms with Crippen molar-refractivity contribution in [3.8, 4) is 0 Å². The molecule has 106 valence electrons. The van der Waals surface area contributed by atoms with Crippen LogP contribution in [-0.2, 0) is 15.9 Å². The first kappa shape index (κ1) is 15.1. The van der Waals surface area contributed by atoms with Gasteiger partial charge in [0.2, 0.25) is 10.0 Å². The molecule has 0 bridgehead atoms. The molecule has 1 aromatic carbocycles. The summed E-state index contributed by atoms with van der Waals surface area (Å²) in [6, 6.07) is 4.70. The van der Waals surface area contributed by atoms with Gasteiger partial charge in [-0.05, 0) is 36.0 Å². The van der Waals surface area contributed by atoms with Crippen LogP contribution in [-0.4, -0.2) is 26.3 Å².